The Balaban J connectivity index is 1.89. The van der Waals surface area contributed by atoms with E-state index in [1.54, 1.807) is 11.0 Å². The van der Waals surface area contributed by atoms with Gasteiger partial charge in [-0.05, 0) is 67.5 Å². The Morgan fingerprint density at radius 1 is 0.857 bits per heavy atom. The molecule has 42 heavy (non-hydrogen) atoms. The van der Waals surface area contributed by atoms with Gasteiger partial charge < -0.3 is 10.2 Å². The van der Waals surface area contributed by atoms with Crippen LogP contribution in [0, 0.1) is 26.7 Å². The lowest BCUT2D eigenvalue weighted by Crippen LogP contribution is -2.51. The van der Waals surface area contributed by atoms with Gasteiger partial charge in [-0.2, -0.15) is 0 Å². The van der Waals surface area contributed by atoms with Crippen LogP contribution in [-0.2, 0) is 32.6 Å². The van der Waals surface area contributed by atoms with E-state index in [0.29, 0.717) is 25.1 Å². The normalized spacial score (nSPS) is 12.2. The predicted molar refractivity (Wildman–Crippen MR) is 171 cm³/mol. The number of hydrogen-bond donors (Lipinski definition) is 1. The molecule has 1 N–H and O–H groups in total. The third kappa shape index (κ3) is 9.72. The fourth-order valence-electron chi connectivity index (χ4n) is 4.87. The quantitative estimate of drug-likeness (QED) is 0.266. The Morgan fingerprint density at radius 2 is 1.55 bits per heavy atom. The molecule has 0 aliphatic heterocycles. The zero-order valence-corrected chi connectivity index (χ0v) is 26.6. The molecule has 2 amide bonds. The average molecular weight is 592 g/mol. The topological polar surface area (TPSA) is 86.8 Å². The minimum Gasteiger partial charge on any atom is -0.354 e. The summed E-state index contributed by atoms with van der Waals surface area (Å²) in [6.07, 6.45) is 1.98. The molecular formula is C34H45N3O4S. The van der Waals surface area contributed by atoms with E-state index in [9.17, 15) is 18.0 Å². The van der Waals surface area contributed by atoms with E-state index in [-0.39, 0.29) is 37.2 Å². The molecule has 0 aliphatic rings. The molecule has 1 atom stereocenters. The van der Waals surface area contributed by atoms with Crippen molar-refractivity contribution in [2.24, 2.45) is 5.92 Å². The maximum atomic E-state index is 14.0. The minimum absolute atomic E-state index is 0.103. The molecule has 3 aromatic carbocycles. The van der Waals surface area contributed by atoms with Crippen molar-refractivity contribution in [1.82, 2.24) is 10.2 Å². The number of aryl methyl sites for hydroxylation is 3. The third-order valence-electron chi connectivity index (χ3n) is 7.32. The molecule has 3 rings (SSSR count). The number of sulfonamides is 1. The van der Waals surface area contributed by atoms with Gasteiger partial charge in [0.25, 0.3) is 0 Å². The van der Waals surface area contributed by atoms with Gasteiger partial charge in [-0.3, -0.25) is 13.9 Å². The zero-order chi connectivity index (χ0) is 30.9. The van der Waals surface area contributed by atoms with Gasteiger partial charge in [-0.1, -0.05) is 80.1 Å². The molecule has 3 aromatic rings. The van der Waals surface area contributed by atoms with E-state index in [0.717, 1.165) is 27.8 Å². The maximum absolute atomic E-state index is 14.0. The van der Waals surface area contributed by atoms with Crippen LogP contribution in [0.4, 0.5) is 5.69 Å². The number of amides is 2. The summed E-state index contributed by atoms with van der Waals surface area (Å²) in [6, 6.07) is 22.5. The van der Waals surface area contributed by atoms with Crippen LogP contribution in [0.1, 0.15) is 54.5 Å². The van der Waals surface area contributed by atoms with E-state index in [4.69, 9.17) is 0 Å². The summed E-state index contributed by atoms with van der Waals surface area (Å²) in [5.74, 6) is -0.119. The van der Waals surface area contributed by atoms with Gasteiger partial charge in [0.05, 0.1) is 11.9 Å². The van der Waals surface area contributed by atoms with E-state index in [1.165, 1.54) is 10.6 Å². The summed E-state index contributed by atoms with van der Waals surface area (Å²) in [6.45, 7) is 10.9. The lowest BCUT2D eigenvalue weighted by molar-refractivity contribution is -0.141. The molecule has 0 saturated carbocycles. The second-order valence-corrected chi connectivity index (χ2v) is 13.5. The molecule has 0 aliphatic carbocycles. The van der Waals surface area contributed by atoms with E-state index < -0.39 is 16.1 Å². The van der Waals surface area contributed by atoms with Crippen LogP contribution in [0.3, 0.4) is 0 Å². The number of carbonyl (C=O) groups is 2. The Labute approximate surface area is 252 Å². The molecule has 226 valence electrons. The Morgan fingerprint density at radius 3 is 2.17 bits per heavy atom. The lowest BCUT2D eigenvalue weighted by Gasteiger charge is -2.32. The molecule has 8 heteroatoms. The molecule has 0 radical (unpaired) electrons. The Kier molecular flexibility index (Phi) is 11.7. The number of hydrogen-bond acceptors (Lipinski definition) is 4. The molecule has 0 saturated heterocycles. The number of benzene rings is 3. The molecule has 0 heterocycles. The highest BCUT2D eigenvalue weighted by Gasteiger charge is 2.30. The molecule has 7 nitrogen and oxygen atoms in total. The zero-order valence-electron chi connectivity index (χ0n) is 25.8. The summed E-state index contributed by atoms with van der Waals surface area (Å²) >= 11 is 0. The smallest absolute Gasteiger partial charge is 0.243 e. The van der Waals surface area contributed by atoms with Crippen LogP contribution in [0.25, 0.3) is 0 Å². The maximum Gasteiger partial charge on any atom is 0.243 e. The average Bonchev–Trinajstić information content (AvgIpc) is 2.93. The standard InChI is InChI=1S/C34H45N3O4S/c1-25(2)23-35-34(39)32(22-29-13-8-7-9-14-29)36(24-30-15-10-12-26(3)20-30)33(38)16-11-19-37(42(6,40)41)31-18-17-27(4)28(5)21-31/h7-10,12-15,17-18,20-21,25,32H,11,16,19,22-24H2,1-6H3,(H,35,39)/t32-/m0/s1. The fourth-order valence-corrected chi connectivity index (χ4v) is 5.83. The van der Waals surface area contributed by atoms with Gasteiger partial charge in [-0.15, -0.1) is 0 Å². The summed E-state index contributed by atoms with van der Waals surface area (Å²) in [5, 5.41) is 3.04. The van der Waals surface area contributed by atoms with Gasteiger partial charge in [0.1, 0.15) is 6.04 Å². The van der Waals surface area contributed by atoms with Crippen LogP contribution < -0.4 is 9.62 Å². The molecule has 0 unspecified atom stereocenters. The van der Waals surface area contributed by atoms with Crippen LogP contribution in [0.5, 0.6) is 0 Å². The molecular weight excluding hydrogens is 546 g/mol. The summed E-state index contributed by atoms with van der Waals surface area (Å²) < 4.78 is 26.8. The van der Waals surface area contributed by atoms with Gasteiger partial charge in [-0.25, -0.2) is 8.42 Å². The first kappa shape index (κ1) is 32.9. The highest BCUT2D eigenvalue weighted by Crippen LogP contribution is 2.23. The van der Waals surface area contributed by atoms with Crippen LogP contribution in [-0.4, -0.2) is 50.5 Å². The van der Waals surface area contributed by atoms with Crippen LogP contribution >= 0.6 is 0 Å². The second kappa shape index (κ2) is 15.0. The first-order valence-electron chi connectivity index (χ1n) is 14.6. The van der Waals surface area contributed by atoms with E-state index in [1.807, 2.05) is 101 Å². The first-order chi connectivity index (χ1) is 19.8. The van der Waals surface area contributed by atoms with Gasteiger partial charge >= 0.3 is 0 Å². The number of nitrogens with one attached hydrogen (secondary N) is 1. The van der Waals surface area contributed by atoms with Crippen molar-refractivity contribution < 1.29 is 18.0 Å². The van der Waals surface area contributed by atoms with Crippen molar-refractivity contribution in [3.63, 3.8) is 0 Å². The summed E-state index contributed by atoms with van der Waals surface area (Å²) in [7, 11) is -3.56. The Bertz CT molecular complexity index is 1450. The van der Waals surface area contributed by atoms with Gasteiger partial charge in [0.2, 0.25) is 21.8 Å². The monoisotopic (exact) mass is 591 g/mol. The molecule has 0 fully saturated rings. The van der Waals surface area contributed by atoms with Crippen molar-refractivity contribution in [3.05, 3.63) is 101 Å². The van der Waals surface area contributed by atoms with Gasteiger partial charge in [0, 0.05) is 32.5 Å². The van der Waals surface area contributed by atoms with Crippen molar-refractivity contribution in [2.75, 3.05) is 23.7 Å². The Hall–Kier alpha value is -3.65. The minimum atomic E-state index is -3.56. The SMILES string of the molecule is Cc1cccc(CN(C(=O)CCCN(c2ccc(C)c(C)c2)S(C)(=O)=O)[C@@H](Cc2ccccc2)C(=O)NCC(C)C)c1. The van der Waals surface area contributed by atoms with Crippen molar-refractivity contribution >= 4 is 27.5 Å². The summed E-state index contributed by atoms with van der Waals surface area (Å²) in [5.41, 5.74) is 5.63. The molecule has 0 spiro atoms. The number of nitrogens with zero attached hydrogens (tertiary/aromatic N) is 2. The van der Waals surface area contributed by atoms with Crippen molar-refractivity contribution in [2.45, 2.75) is 66.5 Å². The number of rotatable bonds is 14. The second-order valence-electron chi connectivity index (χ2n) is 11.6. The van der Waals surface area contributed by atoms with Crippen molar-refractivity contribution in [3.8, 4) is 0 Å². The van der Waals surface area contributed by atoms with Crippen LogP contribution in [0.15, 0.2) is 72.8 Å². The predicted octanol–water partition coefficient (Wildman–Crippen LogP) is 5.57. The van der Waals surface area contributed by atoms with E-state index >= 15 is 0 Å². The number of carbonyl (C=O) groups excluding carboxylic acids is 2. The van der Waals surface area contributed by atoms with E-state index in [2.05, 4.69) is 5.32 Å². The highest BCUT2D eigenvalue weighted by molar-refractivity contribution is 7.92. The highest BCUT2D eigenvalue weighted by atomic mass is 32.2. The van der Waals surface area contributed by atoms with Crippen molar-refractivity contribution in [1.29, 1.82) is 0 Å². The fraction of sp³-hybridized carbons (Fsp3) is 0.412. The lowest BCUT2D eigenvalue weighted by atomic mass is 10.0. The third-order valence-corrected chi connectivity index (χ3v) is 8.52. The first-order valence-corrected chi connectivity index (χ1v) is 16.4. The van der Waals surface area contributed by atoms with Gasteiger partial charge in [0.15, 0.2) is 0 Å². The molecule has 0 aromatic heterocycles. The largest absolute Gasteiger partial charge is 0.354 e. The molecule has 0 bridgehead atoms. The summed E-state index contributed by atoms with van der Waals surface area (Å²) in [4.78, 5) is 29.2. The number of anilines is 1. The van der Waals surface area contributed by atoms with Crippen LogP contribution in [0.2, 0.25) is 0 Å².